The van der Waals surface area contributed by atoms with Crippen LogP contribution in [0.3, 0.4) is 0 Å². The molecule has 0 fully saturated rings. The van der Waals surface area contributed by atoms with Crippen molar-refractivity contribution < 1.29 is 19.1 Å². The van der Waals surface area contributed by atoms with Crippen molar-refractivity contribution in [3.05, 3.63) is 35.7 Å². The zero-order chi connectivity index (χ0) is 12.5. The number of oxazole rings is 1. The lowest BCUT2D eigenvalue weighted by Gasteiger charge is -2.17. The summed E-state index contributed by atoms with van der Waals surface area (Å²) in [5.74, 6) is 0.113. The van der Waals surface area contributed by atoms with Crippen LogP contribution in [-0.4, -0.2) is 22.7 Å². The van der Waals surface area contributed by atoms with Gasteiger partial charge in [0.25, 0.3) is 0 Å². The van der Waals surface area contributed by atoms with Gasteiger partial charge in [-0.15, -0.1) is 0 Å². The average Bonchev–Trinajstić information content (AvgIpc) is 2.88. The van der Waals surface area contributed by atoms with Crippen molar-refractivity contribution in [1.29, 1.82) is 0 Å². The second kappa shape index (κ2) is 4.18. The highest BCUT2D eigenvalue weighted by Crippen LogP contribution is 2.29. The normalized spacial score (nSPS) is 13.8. The van der Waals surface area contributed by atoms with Gasteiger partial charge in [0.15, 0.2) is 5.69 Å². The van der Waals surface area contributed by atoms with E-state index in [0.717, 1.165) is 42.6 Å². The summed E-state index contributed by atoms with van der Waals surface area (Å²) in [6.45, 7) is 0.745. The number of carboxylic acids is 1. The van der Waals surface area contributed by atoms with Crippen LogP contribution in [-0.2, 0) is 6.42 Å². The Morgan fingerprint density at radius 2 is 2.28 bits per heavy atom. The largest absolute Gasteiger partial charge is 0.493 e. The Balaban J connectivity index is 1.98. The lowest BCUT2D eigenvalue weighted by Crippen LogP contribution is -2.08. The van der Waals surface area contributed by atoms with Crippen LogP contribution in [0.4, 0.5) is 0 Å². The molecule has 0 saturated heterocycles. The number of hydrogen-bond donors (Lipinski definition) is 1. The zero-order valence-corrected chi connectivity index (χ0v) is 9.55. The van der Waals surface area contributed by atoms with Crippen molar-refractivity contribution in [2.24, 2.45) is 0 Å². The standard InChI is InChI=1S/C13H11NO4/c15-13(16)10-7-18-12(14-10)9-3-4-11-8(6-9)2-1-5-17-11/h3-4,6-7H,1-2,5H2,(H,15,16). The Bertz CT molecular complexity index is 603. The van der Waals surface area contributed by atoms with E-state index in [1.54, 1.807) is 0 Å². The summed E-state index contributed by atoms with van der Waals surface area (Å²) in [5, 5.41) is 8.79. The number of ether oxygens (including phenoxy) is 1. The van der Waals surface area contributed by atoms with Gasteiger partial charge in [0.2, 0.25) is 5.89 Å². The molecule has 0 aliphatic carbocycles. The van der Waals surface area contributed by atoms with Gasteiger partial charge in [-0.05, 0) is 36.6 Å². The molecule has 0 bridgehead atoms. The van der Waals surface area contributed by atoms with Gasteiger partial charge in [-0.2, -0.15) is 0 Å². The molecular formula is C13H11NO4. The minimum Gasteiger partial charge on any atom is -0.493 e. The lowest BCUT2D eigenvalue weighted by molar-refractivity contribution is 0.0690. The number of aryl methyl sites for hydroxylation is 1. The number of fused-ring (bicyclic) bond motifs is 1. The molecule has 1 aromatic heterocycles. The number of hydrogen-bond acceptors (Lipinski definition) is 4. The highest BCUT2D eigenvalue weighted by Gasteiger charge is 2.15. The van der Waals surface area contributed by atoms with E-state index in [0.29, 0.717) is 5.89 Å². The van der Waals surface area contributed by atoms with Crippen LogP contribution in [0.2, 0.25) is 0 Å². The SMILES string of the molecule is O=C(O)c1coc(-c2ccc3c(c2)CCCO3)n1. The Morgan fingerprint density at radius 1 is 1.39 bits per heavy atom. The van der Waals surface area contributed by atoms with E-state index in [2.05, 4.69) is 4.98 Å². The molecule has 1 aliphatic heterocycles. The second-order valence-electron chi connectivity index (χ2n) is 4.12. The van der Waals surface area contributed by atoms with Crippen molar-refractivity contribution in [3.8, 4) is 17.2 Å². The first-order valence-electron chi connectivity index (χ1n) is 5.69. The summed E-state index contributed by atoms with van der Waals surface area (Å²) in [5.41, 5.74) is 1.79. The highest BCUT2D eigenvalue weighted by atomic mass is 16.5. The van der Waals surface area contributed by atoms with Gasteiger partial charge >= 0.3 is 5.97 Å². The van der Waals surface area contributed by atoms with Gasteiger partial charge < -0.3 is 14.3 Å². The average molecular weight is 245 g/mol. The van der Waals surface area contributed by atoms with E-state index >= 15 is 0 Å². The summed E-state index contributed by atoms with van der Waals surface area (Å²) >= 11 is 0. The zero-order valence-electron chi connectivity index (χ0n) is 9.55. The van der Waals surface area contributed by atoms with E-state index in [1.807, 2.05) is 18.2 Å². The van der Waals surface area contributed by atoms with Gasteiger partial charge in [0.05, 0.1) is 6.61 Å². The molecule has 0 unspecified atom stereocenters. The smallest absolute Gasteiger partial charge is 0.357 e. The molecule has 18 heavy (non-hydrogen) atoms. The minimum absolute atomic E-state index is 0.0843. The van der Waals surface area contributed by atoms with Gasteiger partial charge in [-0.3, -0.25) is 0 Å². The van der Waals surface area contributed by atoms with Crippen molar-refractivity contribution in [2.45, 2.75) is 12.8 Å². The summed E-state index contributed by atoms with van der Waals surface area (Å²) < 4.78 is 10.7. The van der Waals surface area contributed by atoms with E-state index in [4.69, 9.17) is 14.3 Å². The molecule has 2 heterocycles. The van der Waals surface area contributed by atoms with Crippen LogP contribution in [0.25, 0.3) is 11.5 Å². The summed E-state index contributed by atoms with van der Waals surface area (Å²) in [7, 11) is 0. The quantitative estimate of drug-likeness (QED) is 0.879. The molecule has 1 aromatic carbocycles. The third-order valence-corrected chi connectivity index (χ3v) is 2.88. The van der Waals surface area contributed by atoms with Crippen LogP contribution < -0.4 is 4.74 Å². The lowest BCUT2D eigenvalue weighted by atomic mass is 10.0. The predicted octanol–water partition coefficient (Wildman–Crippen LogP) is 2.36. The maximum atomic E-state index is 10.7. The first-order chi connectivity index (χ1) is 8.74. The molecular weight excluding hydrogens is 234 g/mol. The van der Waals surface area contributed by atoms with Gasteiger partial charge in [0, 0.05) is 5.56 Å². The number of aromatic carboxylic acids is 1. The number of rotatable bonds is 2. The number of aromatic nitrogens is 1. The fourth-order valence-electron chi connectivity index (χ4n) is 2.00. The number of nitrogens with zero attached hydrogens (tertiary/aromatic N) is 1. The van der Waals surface area contributed by atoms with Crippen LogP contribution >= 0.6 is 0 Å². The Kier molecular flexibility index (Phi) is 2.51. The number of carbonyl (C=O) groups is 1. The maximum absolute atomic E-state index is 10.7. The molecule has 0 amide bonds. The Labute approximate surface area is 103 Å². The fraction of sp³-hybridized carbons (Fsp3) is 0.231. The summed E-state index contributed by atoms with van der Waals surface area (Å²) in [4.78, 5) is 14.7. The van der Waals surface area contributed by atoms with Crippen LogP contribution in [0.15, 0.2) is 28.9 Å². The van der Waals surface area contributed by atoms with Crippen molar-refractivity contribution >= 4 is 5.97 Å². The maximum Gasteiger partial charge on any atom is 0.357 e. The fourth-order valence-corrected chi connectivity index (χ4v) is 2.00. The third-order valence-electron chi connectivity index (χ3n) is 2.88. The van der Waals surface area contributed by atoms with Crippen LogP contribution in [0.5, 0.6) is 5.75 Å². The molecule has 0 atom stereocenters. The molecule has 5 nitrogen and oxygen atoms in total. The van der Waals surface area contributed by atoms with Crippen molar-refractivity contribution in [2.75, 3.05) is 6.61 Å². The molecule has 3 rings (SSSR count). The van der Waals surface area contributed by atoms with Crippen LogP contribution in [0.1, 0.15) is 22.5 Å². The van der Waals surface area contributed by atoms with Gasteiger partial charge in [-0.1, -0.05) is 0 Å². The first-order valence-corrected chi connectivity index (χ1v) is 5.69. The minimum atomic E-state index is -1.09. The molecule has 1 aliphatic rings. The molecule has 1 N–H and O–H groups in total. The van der Waals surface area contributed by atoms with Gasteiger partial charge in [-0.25, -0.2) is 9.78 Å². The Hall–Kier alpha value is -2.30. The van der Waals surface area contributed by atoms with E-state index in [9.17, 15) is 4.79 Å². The van der Waals surface area contributed by atoms with E-state index < -0.39 is 5.97 Å². The third kappa shape index (κ3) is 1.84. The molecule has 0 radical (unpaired) electrons. The number of carboxylic acid groups (broad SMARTS) is 1. The van der Waals surface area contributed by atoms with E-state index in [1.165, 1.54) is 0 Å². The monoisotopic (exact) mass is 245 g/mol. The molecule has 2 aromatic rings. The molecule has 0 spiro atoms. The first kappa shape index (κ1) is 10.8. The second-order valence-corrected chi connectivity index (χ2v) is 4.12. The summed E-state index contributed by atoms with van der Waals surface area (Å²) in [6, 6.07) is 5.63. The topological polar surface area (TPSA) is 72.6 Å². The van der Waals surface area contributed by atoms with Gasteiger partial charge in [0.1, 0.15) is 12.0 Å². The van der Waals surface area contributed by atoms with E-state index in [-0.39, 0.29) is 5.69 Å². The predicted molar refractivity (Wildman–Crippen MR) is 62.7 cm³/mol. The summed E-state index contributed by atoms with van der Waals surface area (Å²) in [6.07, 6.45) is 3.09. The Morgan fingerprint density at radius 3 is 3.06 bits per heavy atom. The molecule has 0 saturated carbocycles. The highest BCUT2D eigenvalue weighted by molar-refractivity contribution is 5.85. The molecule has 5 heteroatoms. The van der Waals surface area contributed by atoms with Crippen molar-refractivity contribution in [3.63, 3.8) is 0 Å². The van der Waals surface area contributed by atoms with Crippen LogP contribution in [0, 0.1) is 0 Å². The number of benzene rings is 1. The molecule has 92 valence electrons. The van der Waals surface area contributed by atoms with Crippen molar-refractivity contribution in [1.82, 2.24) is 4.98 Å².